The van der Waals surface area contributed by atoms with Crippen molar-refractivity contribution in [3.8, 4) is 5.75 Å². The van der Waals surface area contributed by atoms with Gasteiger partial charge in [-0.2, -0.15) is 4.31 Å². The van der Waals surface area contributed by atoms with Crippen molar-refractivity contribution in [3.05, 3.63) is 77.9 Å². The molecule has 1 N–H and O–H groups in total. The highest BCUT2D eigenvalue weighted by Crippen LogP contribution is 2.31. The van der Waals surface area contributed by atoms with Crippen LogP contribution in [0.25, 0.3) is 0 Å². The number of anilines is 2. The van der Waals surface area contributed by atoms with Gasteiger partial charge < -0.3 is 10.1 Å². The van der Waals surface area contributed by atoms with Gasteiger partial charge >= 0.3 is 0 Å². The average molecular weight is 572 g/mol. The van der Waals surface area contributed by atoms with Gasteiger partial charge in [0.1, 0.15) is 12.3 Å². The summed E-state index contributed by atoms with van der Waals surface area (Å²) in [6.07, 6.45) is 2.15. The molecular formula is C28H33N3O6S2. The van der Waals surface area contributed by atoms with E-state index in [1.54, 1.807) is 24.3 Å². The van der Waals surface area contributed by atoms with Crippen molar-refractivity contribution < 1.29 is 26.4 Å². The van der Waals surface area contributed by atoms with Gasteiger partial charge in [0.2, 0.25) is 15.9 Å². The molecule has 11 heteroatoms. The van der Waals surface area contributed by atoms with Crippen molar-refractivity contribution in [3.63, 3.8) is 0 Å². The summed E-state index contributed by atoms with van der Waals surface area (Å²) in [6.45, 7) is 4.13. The smallest absolute Gasteiger partial charge is 0.264 e. The minimum atomic E-state index is -4.11. The number of carbonyl (C=O) groups is 1. The van der Waals surface area contributed by atoms with Crippen LogP contribution in [0.5, 0.6) is 5.75 Å². The van der Waals surface area contributed by atoms with Crippen LogP contribution in [0.4, 0.5) is 11.4 Å². The predicted molar refractivity (Wildman–Crippen MR) is 151 cm³/mol. The molecule has 9 nitrogen and oxygen atoms in total. The van der Waals surface area contributed by atoms with E-state index < -0.39 is 32.5 Å². The number of methoxy groups -OCH3 is 1. The Hall–Kier alpha value is -3.41. The van der Waals surface area contributed by atoms with E-state index in [2.05, 4.69) is 5.32 Å². The predicted octanol–water partition coefficient (Wildman–Crippen LogP) is 4.18. The first-order valence-corrected chi connectivity index (χ1v) is 15.6. The molecule has 1 amide bonds. The first kappa shape index (κ1) is 28.6. The average Bonchev–Trinajstić information content (AvgIpc) is 3.48. The van der Waals surface area contributed by atoms with Crippen LogP contribution in [0.15, 0.2) is 76.5 Å². The molecule has 1 saturated heterocycles. The number of carbonyl (C=O) groups excluding carboxylic acids is 1. The van der Waals surface area contributed by atoms with Crippen LogP contribution in [-0.4, -0.2) is 53.8 Å². The lowest BCUT2D eigenvalue weighted by Gasteiger charge is -2.26. The second-order valence-electron chi connectivity index (χ2n) is 9.33. The van der Waals surface area contributed by atoms with Crippen molar-refractivity contribution >= 4 is 37.3 Å². The molecule has 0 bridgehead atoms. The highest BCUT2D eigenvalue weighted by molar-refractivity contribution is 7.92. The Kier molecular flexibility index (Phi) is 8.63. The standard InChI is InChI=1S/C28H33N3O6S2/c1-4-22-9-5-6-10-26(22)31(39(35,36)23-13-11-21(2)12-14-23)20-28(32)29-25-19-24(15-16-27(25)37-3)38(33,34)30-17-7-8-18-30/h5-6,9-16,19H,4,7-8,17-18,20H2,1-3H3,(H,29,32). The molecule has 4 rings (SSSR count). The molecule has 39 heavy (non-hydrogen) atoms. The van der Waals surface area contributed by atoms with Gasteiger partial charge in [0.25, 0.3) is 10.0 Å². The molecule has 3 aromatic carbocycles. The van der Waals surface area contributed by atoms with Crippen LogP contribution in [0, 0.1) is 6.92 Å². The Labute approximate surface area is 230 Å². The maximum absolute atomic E-state index is 13.8. The summed E-state index contributed by atoms with van der Waals surface area (Å²) >= 11 is 0. The second kappa shape index (κ2) is 11.8. The van der Waals surface area contributed by atoms with Crippen molar-refractivity contribution in [2.24, 2.45) is 0 Å². The van der Waals surface area contributed by atoms with E-state index in [-0.39, 0.29) is 21.2 Å². The fraction of sp³-hybridized carbons (Fsp3) is 0.321. The number of amides is 1. The molecule has 0 atom stereocenters. The Morgan fingerprint density at radius 3 is 2.23 bits per heavy atom. The third-order valence-corrected chi connectivity index (χ3v) is 10.4. The Balaban J connectivity index is 1.69. The van der Waals surface area contributed by atoms with Crippen LogP contribution in [0.1, 0.15) is 30.9 Å². The minimum Gasteiger partial charge on any atom is -0.495 e. The van der Waals surface area contributed by atoms with Crippen LogP contribution in [-0.2, 0) is 31.3 Å². The second-order valence-corrected chi connectivity index (χ2v) is 13.1. The maximum atomic E-state index is 13.8. The number of nitrogens with one attached hydrogen (secondary N) is 1. The van der Waals surface area contributed by atoms with Gasteiger partial charge in [-0.1, -0.05) is 42.8 Å². The van der Waals surface area contributed by atoms with E-state index in [1.807, 2.05) is 26.0 Å². The normalized spacial score (nSPS) is 14.2. The van der Waals surface area contributed by atoms with Crippen molar-refractivity contribution in [1.29, 1.82) is 0 Å². The van der Waals surface area contributed by atoms with Gasteiger partial charge in [0.15, 0.2) is 0 Å². The number of nitrogens with zero attached hydrogens (tertiary/aromatic N) is 2. The Morgan fingerprint density at radius 2 is 1.59 bits per heavy atom. The van der Waals surface area contributed by atoms with E-state index in [4.69, 9.17) is 4.74 Å². The molecule has 0 saturated carbocycles. The zero-order valence-corrected chi connectivity index (χ0v) is 23.9. The van der Waals surface area contributed by atoms with Gasteiger partial charge in [0, 0.05) is 13.1 Å². The number of aryl methyl sites for hydroxylation is 2. The lowest BCUT2D eigenvalue weighted by Crippen LogP contribution is -2.38. The Bertz CT molecular complexity index is 1550. The molecule has 0 radical (unpaired) electrons. The van der Waals surface area contributed by atoms with Gasteiger partial charge in [-0.25, -0.2) is 16.8 Å². The van der Waals surface area contributed by atoms with Crippen LogP contribution >= 0.6 is 0 Å². The van der Waals surface area contributed by atoms with E-state index >= 15 is 0 Å². The van der Waals surface area contributed by atoms with Crippen LogP contribution in [0.3, 0.4) is 0 Å². The molecule has 0 aliphatic carbocycles. The fourth-order valence-corrected chi connectivity index (χ4v) is 7.54. The van der Waals surface area contributed by atoms with Crippen LogP contribution < -0.4 is 14.4 Å². The summed E-state index contributed by atoms with van der Waals surface area (Å²) in [5.41, 5.74) is 2.20. The monoisotopic (exact) mass is 571 g/mol. The molecule has 0 spiro atoms. The number of benzene rings is 3. The zero-order valence-electron chi connectivity index (χ0n) is 22.3. The number of hydrogen-bond acceptors (Lipinski definition) is 6. The summed E-state index contributed by atoms with van der Waals surface area (Å²) in [4.78, 5) is 13.5. The largest absolute Gasteiger partial charge is 0.495 e. The zero-order chi connectivity index (χ0) is 28.2. The first-order valence-electron chi connectivity index (χ1n) is 12.7. The number of hydrogen-bond donors (Lipinski definition) is 1. The Morgan fingerprint density at radius 1 is 0.949 bits per heavy atom. The summed E-state index contributed by atoms with van der Waals surface area (Å²) in [6, 6.07) is 17.7. The van der Waals surface area contributed by atoms with Gasteiger partial charge in [-0.3, -0.25) is 9.10 Å². The third kappa shape index (κ3) is 6.10. The van der Waals surface area contributed by atoms with Crippen molar-refractivity contribution in [1.82, 2.24) is 4.31 Å². The lowest BCUT2D eigenvalue weighted by atomic mass is 10.1. The van der Waals surface area contributed by atoms with E-state index in [0.29, 0.717) is 25.2 Å². The maximum Gasteiger partial charge on any atom is 0.264 e. The SMILES string of the molecule is CCc1ccccc1N(CC(=O)Nc1cc(S(=O)(=O)N2CCCC2)ccc1OC)S(=O)(=O)c1ccc(C)cc1. The first-order chi connectivity index (χ1) is 18.6. The fourth-order valence-electron chi connectivity index (χ4n) is 4.53. The molecule has 1 aliphatic rings. The molecule has 208 valence electrons. The summed E-state index contributed by atoms with van der Waals surface area (Å²) < 4.78 is 61.6. The highest BCUT2D eigenvalue weighted by atomic mass is 32.2. The summed E-state index contributed by atoms with van der Waals surface area (Å²) in [7, 11) is -6.44. The molecule has 0 aromatic heterocycles. The molecule has 0 unspecified atom stereocenters. The van der Waals surface area contributed by atoms with Gasteiger partial charge in [-0.15, -0.1) is 0 Å². The number of rotatable bonds is 10. The topological polar surface area (TPSA) is 113 Å². The van der Waals surface area contributed by atoms with E-state index in [1.165, 1.54) is 41.7 Å². The third-order valence-electron chi connectivity index (χ3n) is 6.69. The van der Waals surface area contributed by atoms with E-state index in [0.717, 1.165) is 28.3 Å². The summed E-state index contributed by atoms with van der Waals surface area (Å²) in [5, 5.41) is 2.68. The number of ether oxygens (including phenoxy) is 1. The van der Waals surface area contributed by atoms with E-state index in [9.17, 15) is 21.6 Å². The number of sulfonamides is 2. The molecule has 1 fully saturated rings. The molecule has 1 aliphatic heterocycles. The van der Waals surface area contributed by atoms with Crippen LogP contribution in [0.2, 0.25) is 0 Å². The highest BCUT2D eigenvalue weighted by Gasteiger charge is 2.30. The van der Waals surface area contributed by atoms with Crippen molar-refractivity contribution in [2.45, 2.75) is 42.9 Å². The van der Waals surface area contributed by atoms with Gasteiger partial charge in [0.05, 0.1) is 28.3 Å². The molecule has 1 heterocycles. The summed E-state index contributed by atoms with van der Waals surface area (Å²) in [5.74, 6) is -0.392. The molecule has 3 aromatic rings. The van der Waals surface area contributed by atoms with Gasteiger partial charge in [-0.05, 0) is 68.1 Å². The molecular weight excluding hydrogens is 538 g/mol. The minimum absolute atomic E-state index is 0.0287. The number of para-hydroxylation sites is 1. The van der Waals surface area contributed by atoms with Crippen molar-refractivity contribution in [2.75, 3.05) is 36.4 Å². The lowest BCUT2D eigenvalue weighted by molar-refractivity contribution is -0.114. The quantitative estimate of drug-likeness (QED) is 0.391.